The van der Waals surface area contributed by atoms with Crippen molar-refractivity contribution in [3.8, 4) is 0 Å². The zero-order chi connectivity index (χ0) is 17.8. The molecule has 2 aliphatic heterocycles. The molecule has 0 saturated carbocycles. The van der Waals surface area contributed by atoms with E-state index in [1.54, 1.807) is 17.1 Å². The van der Waals surface area contributed by atoms with E-state index in [0.29, 0.717) is 19.6 Å². The van der Waals surface area contributed by atoms with Crippen molar-refractivity contribution in [2.45, 2.75) is 6.54 Å². The number of rotatable bonds is 4. The van der Waals surface area contributed by atoms with Crippen molar-refractivity contribution in [2.75, 3.05) is 62.3 Å². The molecule has 1 amide bonds. The van der Waals surface area contributed by atoms with Crippen LogP contribution in [0.15, 0.2) is 30.6 Å². The predicted molar refractivity (Wildman–Crippen MR) is 96.1 cm³/mol. The van der Waals surface area contributed by atoms with Gasteiger partial charge in [0.15, 0.2) is 11.6 Å². The quantitative estimate of drug-likeness (QED) is 0.753. The van der Waals surface area contributed by atoms with E-state index in [-0.39, 0.29) is 5.91 Å². The van der Waals surface area contributed by atoms with Crippen LogP contribution in [0, 0.1) is 0 Å². The van der Waals surface area contributed by atoms with E-state index < -0.39 is 0 Å². The van der Waals surface area contributed by atoms with Gasteiger partial charge in [0.25, 0.3) is 0 Å². The van der Waals surface area contributed by atoms with Crippen molar-refractivity contribution in [1.82, 2.24) is 24.9 Å². The molecule has 0 spiro atoms. The SMILES string of the molecule is O=C(Cn1cccn1)N1CCN(c2ccc(N3CCOCC3)nn2)CC1. The van der Waals surface area contributed by atoms with Crippen LogP contribution < -0.4 is 9.80 Å². The summed E-state index contributed by atoms with van der Waals surface area (Å²) in [6.45, 7) is 6.36. The van der Waals surface area contributed by atoms with Crippen LogP contribution in [-0.2, 0) is 16.1 Å². The van der Waals surface area contributed by atoms with Crippen molar-refractivity contribution < 1.29 is 9.53 Å². The minimum atomic E-state index is 0.0992. The van der Waals surface area contributed by atoms with Crippen LogP contribution in [0.1, 0.15) is 0 Å². The minimum Gasteiger partial charge on any atom is -0.378 e. The molecule has 0 aromatic carbocycles. The molecule has 4 heterocycles. The van der Waals surface area contributed by atoms with Gasteiger partial charge in [-0.05, 0) is 18.2 Å². The van der Waals surface area contributed by atoms with Gasteiger partial charge in [0.2, 0.25) is 5.91 Å². The van der Waals surface area contributed by atoms with E-state index in [2.05, 4.69) is 25.1 Å². The maximum atomic E-state index is 12.3. The maximum Gasteiger partial charge on any atom is 0.244 e. The first-order chi connectivity index (χ1) is 12.8. The van der Waals surface area contributed by atoms with E-state index in [4.69, 9.17) is 4.74 Å². The van der Waals surface area contributed by atoms with E-state index in [1.165, 1.54) is 0 Å². The summed E-state index contributed by atoms with van der Waals surface area (Å²) in [5.41, 5.74) is 0. The Morgan fingerprint density at radius 2 is 1.62 bits per heavy atom. The molecule has 138 valence electrons. The van der Waals surface area contributed by atoms with Crippen LogP contribution in [0.25, 0.3) is 0 Å². The topological polar surface area (TPSA) is 79.6 Å². The molecular formula is C17H23N7O2. The smallest absolute Gasteiger partial charge is 0.244 e. The van der Waals surface area contributed by atoms with Crippen LogP contribution in [0.4, 0.5) is 11.6 Å². The Kier molecular flexibility index (Phi) is 4.96. The lowest BCUT2D eigenvalue weighted by molar-refractivity contribution is -0.132. The third-order valence-electron chi connectivity index (χ3n) is 4.78. The monoisotopic (exact) mass is 357 g/mol. The average molecular weight is 357 g/mol. The Bertz CT molecular complexity index is 705. The fraction of sp³-hybridized carbons (Fsp3) is 0.529. The number of carbonyl (C=O) groups is 1. The summed E-state index contributed by atoms with van der Waals surface area (Å²) >= 11 is 0. The number of anilines is 2. The number of amides is 1. The van der Waals surface area contributed by atoms with Crippen LogP contribution in [-0.4, -0.2) is 83.3 Å². The maximum absolute atomic E-state index is 12.3. The highest BCUT2D eigenvalue weighted by atomic mass is 16.5. The van der Waals surface area contributed by atoms with Gasteiger partial charge in [-0.3, -0.25) is 9.48 Å². The Morgan fingerprint density at radius 3 is 2.19 bits per heavy atom. The number of nitrogens with zero attached hydrogens (tertiary/aromatic N) is 7. The van der Waals surface area contributed by atoms with E-state index >= 15 is 0 Å². The molecule has 2 fully saturated rings. The number of aromatic nitrogens is 4. The highest BCUT2D eigenvalue weighted by Gasteiger charge is 2.22. The Balaban J connectivity index is 1.30. The first-order valence-corrected chi connectivity index (χ1v) is 8.96. The lowest BCUT2D eigenvalue weighted by Crippen LogP contribution is -2.50. The number of hydrogen-bond donors (Lipinski definition) is 0. The molecule has 0 radical (unpaired) electrons. The molecule has 0 bridgehead atoms. The largest absolute Gasteiger partial charge is 0.378 e. The van der Waals surface area contributed by atoms with Crippen LogP contribution in [0.2, 0.25) is 0 Å². The number of carbonyl (C=O) groups excluding carboxylic acids is 1. The lowest BCUT2D eigenvalue weighted by Gasteiger charge is -2.35. The fourth-order valence-corrected chi connectivity index (χ4v) is 3.27. The predicted octanol–water partition coefficient (Wildman–Crippen LogP) is -0.141. The molecule has 2 aromatic heterocycles. The molecule has 4 rings (SSSR count). The van der Waals surface area contributed by atoms with Gasteiger partial charge >= 0.3 is 0 Å². The molecule has 0 atom stereocenters. The molecule has 9 heteroatoms. The number of piperazine rings is 1. The standard InChI is InChI=1S/C17H23N7O2/c25-17(14-24-5-1-4-18-24)23-8-6-21(7-9-23)15-2-3-16(20-19-15)22-10-12-26-13-11-22/h1-5H,6-14H2. The first kappa shape index (κ1) is 16.8. The number of hydrogen-bond acceptors (Lipinski definition) is 7. The molecule has 2 aliphatic rings. The molecule has 0 unspecified atom stereocenters. The van der Waals surface area contributed by atoms with Crippen LogP contribution >= 0.6 is 0 Å². The molecule has 9 nitrogen and oxygen atoms in total. The van der Waals surface area contributed by atoms with Gasteiger partial charge in [-0.2, -0.15) is 5.10 Å². The summed E-state index contributed by atoms with van der Waals surface area (Å²) in [4.78, 5) is 18.6. The molecule has 26 heavy (non-hydrogen) atoms. The molecular weight excluding hydrogens is 334 g/mol. The normalized spacial score (nSPS) is 18.2. The van der Waals surface area contributed by atoms with Crippen molar-refractivity contribution in [1.29, 1.82) is 0 Å². The van der Waals surface area contributed by atoms with Gasteiger partial charge in [0, 0.05) is 51.7 Å². The van der Waals surface area contributed by atoms with Gasteiger partial charge in [0.05, 0.1) is 13.2 Å². The van der Waals surface area contributed by atoms with Gasteiger partial charge in [-0.15, -0.1) is 10.2 Å². The third kappa shape index (κ3) is 3.77. The zero-order valence-electron chi connectivity index (χ0n) is 14.7. The zero-order valence-corrected chi connectivity index (χ0v) is 14.7. The number of morpholine rings is 1. The van der Waals surface area contributed by atoms with Gasteiger partial charge in [0.1, 0.15) is 6.54 Å². The van der Waals surface area contributed by atoms with Crippen LogP contribution in [0.3, 0.4) is 0 Å². The lowest BCUT2D eigenvalue weighted by atomic mass is 10.3. The summed E-state index contributed by atoms with van der Waals surface area (Å²) in [5, 5.41) is 12.8. The van der Waals surface area contributed by atoms with Gasteiger partial charge in [-0.1, -0.05) is 0 Å². The molecule has 0 aliphatic carbocycles. The Hall–Kier alpha value is -2.68. The first-order valence-electron chi connectivity index (χ1n) is 8.96. The van der Waals surface area contributed by atoms with Crippen molar-refractivity contribution in [2.24, 2.45) is 0 Å². The second-order valence-corrected chi connectivity index (χ2v) is 6.42. The van der Waals surface area contributed by atoms with E-state index in [9.17, 15) is 4.79 Å². The van der Waals surface area contributed by atoms with E-state index in [1.807, 2.05) is 23.1 Å². The summed E-state index contributed by atoms with van der Waals surface area (Å²) < 4.78 is 7.02. The van der Waals surface area contributed by atoms with Crippen molar-refractivity contribution >= 4 is 17.5 Å². The Morgan fingerprint density at radius 1 is 0.962 bits per heavy atom. The molecule has 0 N–H and O–H groups in total. The van der Waals surface area contributed by atoms with Gasteiger partial charge in [-0.25, -0.2) is 0 Å². The van der Waals surface area contributed by atoms with Crippen LogP contribution in [0.5, 0.6) is 0 Å². The summed E-state index contributed by atoms with van der Waals surface area (Å²) in [6, 6.07) is 5.85. The average Bonchev–Trinajstić information content (AvgIpc) is 3.22. The summed E-state index contributed by atoms with van der Waals surface area (Å²) in [7, 11) is 0. The highest BCUT2D eigenvalue weighted by Crippen LogP contribution is 2.17. The highest BCUT2D eigenvalue weighted by molar-refractivity contribution is 5.76. The fourth-order valence-electron chi connectivity index (χ4n) is 3.27. The van der Waals surface area contributed by atoms with E-state index in [0.717, 1.165) is 51.0 Å². The third-order valence-corrected chi connectivity index (χ3v) is 4.78. The number of ether oxygens (including phenoxy) is 1. The second kappa shape index (κ2) is 7.69. The minimum absolute atomic E-state index is 0.0992. The van der Waals surface area contributed by atoms with Crippen molar-refractivity contribution in [3.05, 3.63) is 30.6 Å². The summed E-state index contributed by atoms with van der Waals surface area (Å²) in [6.07, 6.45) is 3.49. The summed E-state index contributed by atoms with van der Waals surface area (Å²) in [5.74, 6) is 1.85. The second-order valence-electron chi connectivity index (χ2n) is 6.42. The molecule has 2 aromatic rings. The van der Waals surface area contributed by atoms with Gasteiger partial charge < -0.3 is 19.4 Å². The molecule has 2 saturated heterocycles. The Labute approximate surface area is 152 Å². The van der Waals surface area contributed by atoms with Crippen molar-refractivity contribution in [3.63, 3.8) is 0 Å².